The molecule has 0 heterocycles. The lowest BCUT2D eigenvalue weighted by Crippen LogP contribution is -2.41. The van der Waals surface area contributed by atoms with E-state index in [0.29, 0.717) is 6.54 Å². The van der Waals surface area contributed by atoms with E-state index in [4.69, 9.17) is 5.73 Å². The number of nitrogens with two attached hydrogens (primary N) is 1. The van der Waals surface area contributed by atoms with E-state index in [-0.39, 0.29) is 16.9 Å². The van der Waals surface area contributed by atoms with Crippen LogP contribution in [-0.2, 0) is 0 Å². The molecule has 90 valence electrons. The lowest BCUT2D eigenvalue weighted by atomic mass is 9.73. The Hall–Kier alpha value is -0.0800. The van der Waals surface area contributed by atoms with Gasteiger partial charge in [0.25, 0.3) is 0 Å². The van der Waals surface area contributed by atoms with E-state index in [1.807, 2.05) is 0 Å². The Balaban J connectivity index is 2.66. The number of aliphatic hydroxyl groups is 1. The molecule has 3 N–H and O–H groups in total. The van der Waals surface area contributed by atoms with Crippen LogP contribution in [0.3, 0.4) is 0 Å². The largest absolute Gasteiger partial charge is 0.392 e. The summed E-state index contributed by atoms with van der Waals surface area (Å²) < 4.78 is 0. The molecule has 0 radical (unpaired) electrons. The minimum absolute atomic E-state index is 0.00664. The Bertz CT molecular complexity index is 209. The Labute approximate surface area is 94.2 Å². The van der Waals surface area contributed by atoms with Crippen molar-refractivity contribution in [2.75, 3.05) is 6.54 Å². The fourth-order valence-electron chi connectivity index (χ4n) is 2.85. The normalized spacial score (nSPS) is 34.4. The maximum Gasteiger partial charge on any atom is 0.0613 e. The smallest absolute Gasteiger partial charge is 0.0613 e. The molecule has 0 bridgehead atoms. The van der Waals surface area contributed by atoms with Crippen LogP contribution in [0.4, 0.5) is 0 Å². The third kappa shape index (κ3) is 3.18. The van der Waals surface area contributed by atoms with Crippen LogP contribution < -0.4 is 5.73 Å². The van der Waals surface area contributed by atoms with E-state index >= 15 is 0 Å². The van der Waals surface area contributed by atoms with Crippen molar-refractivity contribution in [1.29, 1.82) is 0 Å². The molecule has 0 saturated heterocycles. The SMILES string of the molecule is CC1CCC(CN)(C(O)CC(C)(C)C)C1. The van der Waals surface area contributed by atoms with Crippen molar-refractivity contribution in [2.24, 2.45) is 22.5 Å². The zero-order chi connectivity index (χ0) is 11.7. The van der Waals surface area contributed by atoms with Gasteiger partial charge in [0.05, 0.1) is 6.10 Å². The number of rotatable bonds is 3. The van der Waals surface area contributed by atoms with Crippen molar-refractivity contribution in [3.8, 4) is 0 Å². The second-order valence-electron chi connectivity index (χ2n) is 6.70. The molecular weight excluding hydrogens is 186 g/mol. The lowest BCUT2D eigenvalue weighted by molar-refractivity contribution is 0.00268. The average molecular weight is 213 g/mol. The van der Waals surface area contributed by atoms with E-state index in [1.165, 1.54) is 6.42 Å². The van der Waals surface area contributed by atoms with Crippen molar-refractivity contribution in [3.05, 3.63) is 0 Å². The molecule has 15 heavy (non-hydrogen) atoms. The Morgan fingerprint density at radius 2 is 2.07 bits per heavy atom. The van der Waals surface area contributed by atoms with Gasteiger partial charge in [-0.25, -0.2) is 0 Å². The summed E-state index contributed by atoms with van der Waals surface area (Å²) in [6.45, 7) is 9.44. The molecule has 1 aliphatic carbocycles. The summed E-state index contributed by atoms with van der Waals surface area (Å²) in [5, 5.41) is 10.4. The summed E-state index contributed by atoms with van der Waals surface area (Å²) in [5.41, 5.74) is 6.09. The molecule has 2 heteroatoms. The van der Waals surface area contributed by atoms with Gasteiger partial charge in [0.1, 0.15) is 0 Å². The summed E-state index contributed by atoms with van der Waals surface area (Å²) in [6, 6.07) is 0. The van der Waals surface area contributed by atoms with E-state index < -0.39 is 0 Å². The molecule has 0 aliphatic heterocycles. The fraction of sp³-hybridized carbons (Fsp3) is 1.00. The second kappa shape index (κ2) is 4.42. The highest BCUT2D eigenvalue weighted by atomic mass is 16.3. The van der Waals surface area contributed by atoms with E-state index in [9.17, 15) is 5.11 Å². The third-order valence-electron chi connectivity index (χ3n) is 3.81. The quantitative estimate of drug-likeness (QED) is 0.757. The molecule has 0 amide bonds. The van der Waals surface area contributed by atoms with Gasteiger partial charge in [0.15, 0.2) is 0 Å². The van der Waals surface area contributed by atoms with Crippen LogP contribution in [0.5, 0.6) is 0 Å². The first-order valence-corrected chi connectivity index (χ1v) is 6.17. The van der Waals surface area contributed by atoms with Gasteiger partial charge in [-0.15, -0.1) is 0 Å². The van der Waals surface area contributed by atoms with E-state index in [0.717, 1.165) is 25.2 Å². The Morgan fingerprint density at radius 3 is 2.40 bits per heavy atom. The Morgan fingerprint density at radius 1 is 1.47 bits per heavy atom. The molecule has 3 atom stereocenters. The van der Waals surface area contributed by atoms with Crippen LogP contribution in [0.2, 0.25) is 0 Å². The third-order valence-corrected chi connectivity index (χ3v) is 3.81. The highest BCUT2D eigenvalue weighted by molar-refractivity contribution is 4.95. The molecule has 1 fully saturated rings. The maximum absolute atomic E-state index is 10.4. The molecule has 0 aromatic rings. The van der Waals surface area contributed by atoms with Crippen LogP contribution in [0.15, 0.2) is 0 Å². The molecule has 0 spiro atoms. The lowest BCUT2D eigenvalue weighted by Gasteiger charge is -2.36. The minimum Gasteiger partial charge on any atom is -0.392 e. The van der Waals surface area contributed by atoms with Crippen LogP contribution in [0, 0.1) is 16.7 Å². The van der Waals surface area contributed by atoms with Gasteiger partial charge in [0.2, 0.25) is 0 Å². The van der Waals surface area contributed by atoms with Gasteiger partial charge < -0.3 is 10.8 Å². The molecule has 1 rings (SSSR count). The molecular formula is C13H27NO. The average Bonchev–Trinajstić information content (AvgIpc) is 2.45. The van der Waals surface area contributed by atoms with Crippen molar-refractivity contribution in [1.82, 2.24) is 0 Å². The van der Waals surface area contributed by atoms with Crippen molar-refractivity contribution >= 4 is 0 Å². The number of aliphatic hydroxyl groups excluding tert-OH is 1. The molecule has 1 saturated carbocycles. The standard InChI is InChI=1S/C13H27NO/c1-10-5-6-13(7-10,9-14)11(15)8-12(2,3)4/h10-11,15H,5-9,14H2,1-4H3. The molecule has 3 unspecified atom stereocenters. The van der Waals surface area contributed by atoms with Crippen LogP contribution in [0.1, 0.15) is 53.4 Å². The molecule has 2 nitrogen and oxygen atoms in total. The number of hydrogen-bond donors (Lipinski definition) is 2. The molecule has 0 aromatic carbocycles. The fourth-order valence-corrected chi connectivity index (χ4v) is 2.85. The first-order valence-electron chi connectivity index (χ1n) is 6.17. The van der Waals surface area contributed by atoms with Crippen LogP contribution in [0.25, 0.3) is 0 Å². The van der Waals surface area contributed by atoms with Gasteiger partial charge in [-0.2, -0.15) is 0 Å². The molecule has 1 aliphatic rings. The van der Waals surface area contributed by atoms with Crippen molar-refractivity contribution in [3.63, 3.8) is 0 Å². The first kappa shape index (κ1) is 13.0. The Kier molecular flexibility index (Phi) is 3.83. The van der Waals surface area contributed by atoms with Gasteiger partial charge in [0, 0.05) is 12.0 Å². The topological polar surface area (TPSA) is 46.2 Å². The first-order chi connectivity index (χ1) is 6.79. The van der Waals surface area contributed by atoms with Gasteiger partial charge in [-0.05, 0) is 30.6 Å². The van der Waals surface area contributed by atoms with E-state index in [2.05, 4.69) is 27.7 Å². The summed E-state index contributed by atoms with van der Waals surface area (Å²) >= 11 is 0. The summed E-state index contributed by atoms with van der Waals surface area (Å²) in [7, 11) is 0. The summed E-state index contributed by atoms with van der Waals surface area (Å²) in [6.07, 6.45) is 4.05. The zero-order valence-electron chi connectivity index (χ0n) is 10.7. The second-order valence-corrected chi connectivity index (χ2v) is 6.70. The zero-order valence-corrected chi connectivity index (χ0v) is 10.7. The highest BCUT2D eigenvalue weighted by Gasteiger charge is 2.43. The van der Waals surface area contributed by atoms with Gasteiger partial charge >= 0.3 is 0 Å². The highest BCUT2D eigenvalue weighted by Crippen LogP contribution is 2.46. The van der Waals surface area contributed by atoms with Gasteiger partial charge in [-0.3, -0.25) is 0 Å². The van der Waals surface area contributed by atoms with Crippen LogP contribution >= 0.6 is 0 Å². The summed E-state index contributed by atoms with van der Waals surface area (Å²) in [5.74, 6) is 0.725. The maximum atomic E-state index is 10.4. The summed E-state index contributed by atoms with van der Waals surface area (Å²) in [4.78, 5) is 0. The number of hydrogen-bond acceptors (Lipinski definition) is 2. The predicted octanol–water partition coefficient (Wildman–Crippen LogP) is 2.55. The van der Waals surface area contributed by atoms with Crippen molar-refractivity contribution in [2.45, 2.75) is 59.5 Å². The predicted molar refractivity (Wildman–Crippen MR) is 64.6 cm³/mol. The minimum atomic E-state index is -0.229. The molecule has 0 aromatic heterocycles. The van der Waals surface area contributed by atoms with Gasteiger partial charge in [-0.1, -0.05) is 34.1 Å². The monoisotopic (exact) mass is 213 g/mol. The van der Waals surface area contributed by atoms with E-state index in [1.54, 1.807) is 0 Å². The van der Waals surface area contributed by atoms with Crippen molar-refractivity contribution < 1.29 is 5.11 Å². The van der Waals surface area contributed by atoms with Crippen LogP contribution in [-0.4, -0.2) is 17.8 Å².